The van der Waals surface area contributed by atoms with Crippen LogP contribution in [0.25, 0.3) is 61.6 Å². The van der Waals surface area contributed by atoms with Gasteiger partial charge in [-0.25, -0.2) is 0 Å². The molecule has 0 fully saturated rings. The largest absolute Gasteiger partial charge is 0.507 e. The normalized spacial score (nSPS) is 11.4. The van der Waals surface area contributed by atoms with Crippen LogP contribution in [0.5, 0.6) is 5.75 Å². The van der Waals surface area contributed by atoms with Gasteiger partial charge in [-0.15, -0.1) is 0 Å². The van der Waals surface area contributed by atoms with Crippen LogP contribution in [0.15, 0.2) is 133 Å². The molecule has 372 valence electrons. The molecule has 1 aromatic heterocycles. The van der Waals surface area contributed by atoms with Crippen LogP contribution in [0, 0.1) is 0 Å². The summed E-state index contributed by atoms with van der Waals surface area (Å²) in [6.07, 6.45) is 23.8. The standard InChI is InChI=1S/C69H85NO/c1-8-15-22-51-29-35-58(36-30-51)61-47-67(62-43-54(25-18-11-4)41-55(44-62)26-19-12-5)70(68(48-61)63-45-56(27-20-13-6)42-57(46-63)28-21-14-7)64-49-65(59-37-31-52(32-38-59)23-16-9-2)69(71)66(50-64)60-39-33-53(34-40-60)24-17-10-3/h29-50H,8-28H2,1-7H3/p+1. The summed E-state index contributed by atoms with van der Waals surface area (Å²) in [7, 11) is 0. The van der Waals surface area contributed by atoms with Crippen molar-refractivity contribution in [1.29, 1.82) is 0 Å². The molecule has 0 bridgehead atoms. The number of hydrogen-bond donors (Lipinski definition) is 1. The maximum atomic E-state index is 12.7. The fourth-order valence-electron chi connectivity index (χ4n) is 10.3. The summed E-state index contributed by atoms with van der Waals surface area (Å²) < 4.78 is 2.57. The van der Waals surface area contributed by atoms with E-state index in [1.807, 2.05) is 0 Å². The van der Waals surface area contributed by atoms with Crippen molar-refractivity contribution < 1.29 is 9.67 Å². The van der Waals surface area contributed by atoms with Crippen LogP contribution in [0.1, 0.15) is 177 Å². The fraction of sp³-hybridized carbons (Fsp3) is 0.406. The number of pyridine rings is 1. The Bertz CT molecular complexity index is 2530. The van der Waals surface area contributed by atoms with Crippen molar-refractivity contribution >= 4 is 0 Å². The monoisotopic (exact) mass is 945 g/mol. The van der Waals surface area contributed by atoms with E-state index >= 15 is 0 Å². The van der Waals surface area contributed by atoms with Crippen LogP contribution in [0.3, 0.4) is 0 Å². The highest BCUT2D eigenvalue weighted by Gasteiger charge is 2.29. The van der Waals surface area contributed by atoms with E-state index in [0.29, 0.717) is 5.75 Å². The molecule has 6 aromatic carbocycles. The first-order chi connectivity index (χ1) is 34.8. The number of unbranched alkanes of at least 4 members (excludes halogenated alkanes) is 7. The Morgan fingerprint density at radius 3 is 0.859 bits per heavy atom. The second-order valence-electron chi connectivity index (χ2n) is 20.6. The number of phenols is 1. The van der Waals surface area contributed by atoms with E-state index in [2.05, 4.69) is 186 Å². The topological polar surface area (TPSA) is 24.1 Å². The van der Waals surface area contributed by atoms with E-state index in [4.69, 9.17) is 0 Å². The highest BCUT2D eigenvalue weighted by Crippen LogP contribution is 2.42. The van der Waals surface area contributed by atoms with Gasteiger partial charge in [-0.2, -0.15) is 4.57 Å². The lowest BCUT2D eigenvalue weighted by molar-refractivity contribution is -0.572. The lowest BCUT2D eigenvalue weighted by Gasteiger charge is -2.18. The Hall–Kier alpha value is -5.73. The lowest BCUT2D eigenvalue weighted by atomic mass is 9.91. The highest BCUT2D eigenvalue weighted by molar-refractivity contribution is 5.85. The Kier molecular flexibility index (Phi) is 20.3. The molecule has 7 rings (SSSR count). The van der Waals surface area contributed by atoms with Gasteiger partial charge in [-0.05, 0) is 175 Å². The van der Waals surface area contributed by atoms with E-state index < -0.39 is 0 Å². The average molecular weight is 945 g/mol. The van der Waals surface area contributed by atoms with Gasteiger partial charge in [0.25, 0.3) is 0 Å². The molecule has 0 aliphatic carbocycles. The number of aromatic hydroxyl groups is 1. The third-order valence-electron chi connectivity index (χ3n) is 14.7. The van der Waals surface area contributed by atoms with Gasteiger partial charge in [0, 0.05) is 46.5 Å². The van der Waals surface area contributed by atoms with Gasteiger partial charge in [0.15, 0.2) is 0 Å². The molecule has 2 nitrogen and oxygen atoms in total. The molecule has 0 amide bonds. The minimum absolute atomic E-state index is 0.326. The highest BCUT2D eigenvalue weighted by atomic mass is 16.3. The molecule has 0 spiro atoms. The first-order valence-corrected chi connectivity index (χ1v) is 28.3. The Morgan fingerprint density at radius 1 is 0.282 bits per heavy atom. The Morgan fingerprint density at radius 2 is 0.563 bits per heavy atom. The summed E-state index contributed by atoms with van der Waals surface area (Å²) in [4.78, 5) is 0. The van der Waals surface area contributed by atoms with Crippen molar-refractivity contribution in [3.05, 3.63) is 172 Å². The van der Waals surface area contributed by atoms with Crippen LogP contribution in [0.4, 0.5) is 0 Å². The van der Waals surface area contributed by atoms with Gasteiger partial charge in [-0.3, -0.25) is 0 Å². The van der Waals surface area contributed by atoms with Gasteiger partial charge in [0.2, 0.25) is 17.1 Å². The van der Waals surface area contributed by atoms with Gasteiger partial charge < -0.3 is 5.11 Å². The number of benzene rings is 6. The third kappa shape index (κ3) is 14.2. The zero-order chi connectivity index (χ0) is 50.0. The minimum Gasteiger partial charge on any atom is -0.507 e. The summed E-state index contributed by atoms with van der Waals surface area (Å²) >= 11 is 0. The number of rotatable bonds is 27. The van der Waals surface area contributed by atoms with Crippen LogP contribution in [-0.4, -0.2) is 5.11 Å². The van der Waals surface area contributed by atoms with Crippen molar-refractivity contribution in [3.8, 4) is 67.3 Å². The zero-order valence-corrected chi connectivity index (χ0v) is 44.9. The second kappa shape index (κ2) is 27.2. The molecule has 0 unspecified atom stereocenters. The van der Waals surface area contributed by atoms with E-state index in [9.17, 15) is 5.11 Å². The van der Waals surface area contributed by atoms with Crippen LogP contribution in [-0.2, 0) is 44.9 Å². The van der Waals surface area contributed by atoms with Crippen molar-refractivity contribution in [3.63, 3.8) is 0 Å². The summed E-state index contributed by atoms with van der Waals surface area (Å²) in [5.74, 6) is 0.326. The number of aromatic nitrogens is 1. The van der Waals surface area contributed by atoms with Crippen molar-refractivity contribution in [2.75, 3.05) is 0 Å². The van der Waals surface area contributed by atoms with Gasteiger partial charge in [0.05, 0.1) is 0 Å². The smallest absolute Gasteiger partial charge is 0.219 e. The first kappa shape index (κ1) is 53.1. The van der Waals surface area contributed by atoms with Gasteiger partial charge >= 0.3 is 0 Å². The van der Waals surface area contributed by atoms with E-state index in [1.165, 1.54) is 111 Å². The number of hydrogen-bond acceptors (Lipinski definition) is 1. The molecule has 0 atom stereocenters. The quantitative estimate of drug-likeness (QED) is 0.0511. The SMILES string of the molecule is CCCCc1ccc(-c2cc(-c3cc(CCCC)cc(CCCC)c3)[n+](-c3cc(-c4ccc(CCCC)cc4)c(O)c(-c4ccc(CCCC)cc4)c3)c(-c3cc(CCCC)cc(CCCC)c3)c2)cc1. The van der Waals surface area contributed by atoms with Gasteiger partial charge in [-0.1, -0.05) is 178 Å². The van der Waals surface area contributed by atoms with Crippen LogP contribution >= 0.6 is 0 Å². The van der Waals surface area contributed by atoms with Gasteiger partial charge in [0.1, 0.15) is 5.75 Å². The molecule has 1 N–H and O–H groups in total. The number of aryl methyl sites for hydroxylation is 7. The first-order valence-electron chi connectivity index (χ1n) is 28.3. The molecule has 2 heteroatoms. The predicted molar refractivity (Wildman–Crippen MR) is 307 cm³/mol. The second-order valence-corrected chi connectivity index (χ2v) is 20.6. The number of phenolic OH excluding ortho intramolecular Hbond substituents is 1. The van der Waals surface area contributed by atoms with Crippen molar-refractivity contribution in [1.82, 2.24) is 0 Å². The third-order valence-corrected chi connectivity index (χ3v) is 14.7. The van der Waals surface area contributed by atoms with E-state index in [0.717, 1.165) is 124 Å². The summed E-state index contributed by atoms with van der Waals surface area (Å²) in [6, 6.07) is 51.9. The Balaban J connectivity index is 1.61. The lowest BCUT2D eigenvalue weighted by Crippen LogP contribution is -2.36. The molecular formula is C69H86NO+. The van der Waals surface area contributed by atoms with Crippen molar-refractivity contribution in [2.24, 2.45) is 0 Å². The molecule has 1 heterocycles. The zero-order valence-electron chi connectivity index (χ0n) is 44.9. The fourth-order valence-corrected chi connectivity index (χ4v) is 10.3. The summed E-state index contributed by atoms with van der Waals surface area (Å²) in [5.41, 5.74) is 21.8. The van der Waals surface area contributed by atoms with Crippen molar-refractivity contribution in [2.45, 2.75) is 183 Å². The Labute approximate surface area is 430 Å². The molecule has 0 aliphatic heterocycles. The number of nitrogens with zero attached hydrogens (tertiary/aromatic N) is 1. The molecule has 0 saturated heterocycles. The summed E-state index contributed by atoms with van der Waals surface area (Å²) in [5, 5.41) is 12.7. The van der Waals surface area contributed by atoms with Crippen LogP contribution in [0.2, 0.25) is 0 Å². The molecule has 0 radical (unpaired) electrons. The molecule has 0 aliphatic rings. The maximum Gasteiger partial charge on any atom is 0.219 e. The van der Waals surface area contributed by atoms with E-state index in [1.54, 1.807) is 0 Å². The van der Waals surface area contributed by atoms with Crippen LogP contribution < -0.4 is 4.57 Å². The molecule has 7 aromatic rings. The molecule has 71 heavy (non-hydrogen) atoms. The predicted octanol–water partition coefficient (Wildman–Crippen LogP) is 19.4. The maximum absolute atomic E-state index is 12.7. The minimum atomic E-state index is 0.326. The molecule has 0 saturated carbocycles. The average Bonchev–Trinajstić information content (AvgIpc) is 3.41. The summed E-state index contributed by atoms with van der Waals surface area (Å²) in [6.45, 7) is 16.0. The van der Waals surface area contributed by atoms with E-state index in [-0.39, 0.29) is 0 Å². The molecular weight excluding hydrogens is 859 g/mol.